The van der Waals surface area contributed by atoms with Crippen LogP contribution in [-0.4, -0.2) is 4.98 Å². The Morgan fingerprint density at radius 3 is 2.53 bits per heavy atom. The molecule has 1 nitrogen and oxygen atoms in total. The molecule has 0 aromatic carbocycles. The Kier molecular flexibility index (Phi) is 2.53. The first kappa shape index (κ1) is 10.9. The molecule has 1 heterocycles. The molecule has 0 amide bonds. The van der Waals surface area contributed by atoms with Gasteiger partial charge < -0.3 is 0 Å². The Bertz CT molecular complexity index is 356. The number of alkyl halides is 3. The molecule has 0 spiro atoms. The molecule has 0 saturated heterocycles. The lowest BCUT2D eigenvalue weighted by Gasteiger charge is -2.01. The fraction of sp³-hybridized carbons (Fsp3) is 0.700. The van der Waals surface area contributed by atoms with Crippen LogP contribution in [0.1, 0.15) is 36.1 Å². The zero-order valence-electron chi connectivity index (χ0n) is 8.51. The van der Waals surface area contributed by atoms with Crippen molar-refractivity contribution in [3.63, 3.8) is 0 Å². The highest BCUT2D eigenvalue weighted by molar-refractivity contribution is 7.11. The lowest BCUT2D eigenvalue weighted by Crippen LogP contribution is -2.02. The number of hydrogen-bond donors (Lipinski definition) is 0. The standard InChI is InChI=1S/C10H12F3NS/c1-5(2)6-3-7(6)8-4-14-9(15-8)10(11,12)13/h4-7H,3H2,1-2H3/t6-,7+/m1/s1. The maximum absolute atomic E-state index is 12.3. The molecule has 15 heavy (non-hydrogen) atoms. The minimum absolute atomic E-state index is 0.318. The van der Waals surface area contributed by atoms with Gasteiger partial charge in [0.05, 0.1) is 0 Å². The molecule has 1 aromatic heterocycles. The van der Waals surface area contributed by atoms with E-state index in [2.05, 4.69) is 18.8 Å². The van der Waals surface area contributed by atoms with Gasteiger partial charge in [-0.1, -0.05) is 13.8 Å². The molecule has 0 unspecified atom stereocenters. The first-order chi connectivity index (χ1) is 6.89. The van der Waals surface area contributed by atoms with Gasteiger partial charge in [0.15, 0.2) is 5.01 Å². The summed E-state index contributed by atoms with van der Waals surface area (Å²) in [5.74, 6) is 1.41. The van der Waals surface area contributed by atoms with E-state index in [0.29, 0.717) is 17.8 Å². The molecule has 2 atom stereocenters. The summed E-state index contributed by atoms with van der Waals surface area (Å²) in [6.07, 6.45) is -1.89. The smallest absolute Gasteiger partial charge is 0.240 e. The second-order valence-electron chi connectivity index (χ2n) is 4.32. The van der Waals surface area contributed by atoms with Gasteiger partial charge in [0, 0.05) is 11.1 Å². The van der Waals surface area contributed by atoms with E-state index in [-0.39, 0.29) is 0 Å². The number of nitrogens with zero attached hydrogens (tertiary/aromatic N) is 1. The highest BCUT2D eigenvalue weighted by Gasteiger charge is 2.43. The fourth-order valence-electron chi connectivity index (χ4n) is 1.87. The zero-order chi connectivity index (χ0) is 11.2. The molecule has 2 rings (SSSR count). The molecular weight excluding hydrogens is 223 g/mol. The molecule has 0 aliphatic heterocycles. The highest BCUT2D eigenvalue weighted by Crippen LogP contribution is 2.53. The molecule has 5 heteroatoms. The lowest BCUT2D eigenvalue weighted by atomic mass is 10.1. The maximum Gasteiger partial charge on any atom is 0.443 e. The molecule has 84 valence electrons. The van der Waals surface area contributed by atoms with Crippen molar-refractivity contribution in [2.24, 2.45) is 11.8 Å². The van der Waals surface area contributed by atoms with Crippen molar-refractivity contribution in [3.05, 3.63) is 16.1 Å². The molecule has 1 saturated carbocycles. The Hall–Kier alpha value is -0.580. The van der Waals surface area contributed by atoms with Crippen LogP contribution < -0.4 is 0 Å². The van der Waals surface area contributed by atoms with E-state index in [9.17, 15) is 13.2 Å². The summed E-state index contributed by atoms with van der Waals surface area (Å²) < 4.78 is 36.9. The summed E-state index contributed by atoms with van der Waals surface area (Å²) >= 11 is 0.795. The minimum atomic E-state index is -4.29. The molecule has 1 aliphatic carbocycles. The van der Waals surface area contributed by atoms with Gasteiger partial charge in [-0.2, -0.15) is 13.2 Å². The number of thiazole rings is 1. The number of halogens is 3. The molecule has 1 fully saturated rings. The van der Waals surface area contributed by atoms with Gasteiger partial charge in [-0.25, -0.2) is 4.98 Å². The predicted octanol–water partition coefficient (Wildman–Crippen LogP) is 3.92. The minimum Gasteiger partial charge on any atom is -0.240 e. The average Bonchev–Trinajstić information content (AvgIpc) is 2.74. The van der Waals surface area contributed by atoms with E-state index >= 15 is 0 Å². The van der Waals surface area contributed by atoms with E-state index < -0.39 is 11.2 Å². The lowest BCUT2D eigenvalue weighted by molar-refractivity contribution is -0.137. The zero-order valence-corrected chi connectivity index (χ0v) is 9.32. The second kappa shape index (κ2) is 3.47. The van der Waals surface area contributed by atoms with Crippen LogP contribution in [0.4, 0.5) is 13.2 Å². The Morgan fingerprint density at radius 1 is 1.47 bits per heavy atom. The number of rotatable bonds is 2. The summed E-state index contributed by atoms with van der Waals surface area (Å²) in [5, 5.41) is -0.716. The third-order valence-electron chi connectivity index (χ3n) is 2.83. The summed E-state index contributed by atoms with van der Waals surface area (Å²) in [5.41, 5.74) is 0. The number of hydrogen-bond acceptors (Lipinski definition) is 2. The molecule has 0 radical (unpaired) electrons. The maximum atomic E-state index is 12.3. The summed E-state index contributed by atoms with van der Waals surface area (Å²) in [7, 11) is 0. The van der Waals surface area contributed by atoms with Crippen molar-refractivity contribution in [2.75, 3.05) is 0 Å². The quantitative estimate of drug-likeness (QED) is 0.757. The first-order valence-corrected chi connectivity index (χ1v) is 5.74. The van der Waals surface area contributed by atoms with Crippen molar-refractivity contribution < 1.29 is 13.2 Å². The molecule has 1 aliphatic rings. The normalized spacial score (nSPS) is 26.0. The van der Waals surface area contributed by atoms with E-state index in [1.165, 1.54) is 6.20 Å². The van der Waals surface area contributed by atoms with Crippen molar-refractivity contribution in [3.8, 4) is 0 Å². The second-order valence-corrected chi connectivity index (χ2v) is 5.38. The van der Waals surface area contributed by atoms with Gasteiger partial charge in [-0.05, 0) is 24.2 Å². The van der Waals surface area contributed by atoms with Crippen molar-refractivity contribution in [1.82, 2.24) is 4.98 Å². The van der Waals surface area contributed by atoms with E-state index in [4.69, 9.17) is 0 Å². The van der Waals surface area contributed by atoms with E-state index in [0.717, 1.165) is 22.6 Å². The van der Waals surface area contributed by atoms with Crippen molar-refractivity contribution in [1.29, 1.82) is 0 Å². The third-order valence-corrected chi connectivity index (χ3v) is 4.00. The van der Waals surface area contributed by atoms with Crippen LogP contribution in [0, 0.1) is 11.8 Å². The molecule has 0 bridgehead atoms. The van der Waals surface area contributed by atoms with Crippen LogP contribution in [0.2, 0.25) is 0 Å². The van der Waals surface area contributed by atoms with E-state index in [1.807, 2.05) is 0 Å². The molecular formula is C10H12F3NS. The number of aromatic nitrogens is 1. The van der Waals surface area contributed by atoms with Gasteiger partial charge in [0.2, 0.25) is 0 Å². The predicted molar refractivity (Wildman–Crippen MR) is 52.8 cm³/mol. The molecule has 1 aromatic rings. The van der Waals surface area contributed by atoms with Crippen LogP contribution in [0.3, 0.4) is 0 Å². The topological polar surface area (TPSA) is 12.9 Å². The van der Waals surface area contributed by atoms with Gasteiger partial charge in [0.25, 0.3) is 0 Å². The SMILES string of the molecule is CC(C)[C@H]1C[C@@H]1c1cnc(C(F)(F)F)s1. The van der Waals surface area contributed by atoms with Crippen molar-refractivity contribution in [2.45, 2.75) is 32.4 Å². The van der Waals surface area contributed by atoms with Crippen molar-refractivity contribution >= 4 is 11.3 Å². The van der Waals surface area contributed by atoms with Gasteiger partial charge in [-0.15, -0.1) is 11.3 Å². The van der Waals surface area contributed by atoms with Gasteiger partial charge in [-0.3, -0.25) is 0 Å². The monoisotopic (exact) mass is 235 g/mol. The summed E-state index contributed by atoms with van der Waals surface area (Å²) in [4.78, 5) is 4.23. The fourth-order valence-corrected chi connectivity index (χ4v) is 2.84. The van der Waals surface area contributed by atoms with Gasteiger partial charge in [0.1, 0.15) is 0 Å². The Morgan fingerprint density at radius 2 is 2.13 bits per heavy atom. The average molecular weight is 235 g/mol. The highest BCUT2D eigenvalue weighted by atomic mass is 32.1. The largest absolute Gasteiger partial charge is 0.443 e. The van der Waals surface area contributed by atoms with Crippen LogP contribution in [0.15, 0.2) is 6.20 Å². The van der Waals surface area contributed by atoms with Crippen LogP contribution in [0.25, 0.3) is 0 Å². The summed E-state index contributed by atoms with van der Waals surface area (Å²) in [6, 6.07) is 0. The third kappa shape index (κ3) is 2.17. The van der Waals surface area contributed by atoms with E-state index in [1.54, 1.807) is 0 Å². The first-order valence-electron chi connectivity index (χ1n) is 4.92. The van der Waals surface area contributed by atoms with Gasteiger partial charge >= 0.3 is 6.18 Å². The summed E-state index contributed by atoms with van der Waals surface area (Å²) in [6.45, 7) is 4.22. The van der Waals surface area contributed by atoms with Crippen LogP contribution >= 0.6 is 11.3 Å². The van der Waals surface area contributed by atoms with Crippen LogP contribution in [-0.2, 0) is 6.18 Å². The van der Waals surface area contributed by atoms with Crippen LogP contribution in [0.5, 0.6) is 0 Å². The Labute approximate surface area is 90.3 Å². The molecule has 0 N–H and O–H groups in total. The Balaban J connectivity index is 2.10.